The van der Waals surface area contributed by atoms with Gasteiger partial charge < -0.3 is 10.1 Å². The number of esters is 1. The molecule has 0 aromatic carbocycles. The number of rotatable bonds is 6. The van der Waals surface area contributed by atoms with E-state index in [9.17, 15) is 9.59 Å². The second-order valence-corrected chi connectivity index (χ2v) is 7.26. The third-order valence-electron chi connectivity index (χ3n) is 4.15. The monoisotopic (exact) mass is 350 g/mol. The molecule has 1 aliphatic rings. The van der Waals surface area contributed by atoms with Crippen LogP contribution < -0.4 is 5.32 Å². The highest BCUT2D eigenvalue weighted by molar-refractivity contribution is 7.07. The van der Waals surface area contributed by atoms with Gasteiger partial charge in [-0.25, -0.2) is 9.78 Å². The molecule has 2 rings (SSSR count). The van der Waals surface area contributed by atoms with Crippen molar-refractivity contribution >= 4 is 29.3 Å². The summed E-state index contributed by atoms with van der Waals surface area (Å²) in [5, 5.41) is 4.90. The fourth-order valence-electron chi connectivity index (χ4n) is 2.82. The van der Waals surface area contributed by atoms with Crippen LogP contribution in [0.3, 0.4) is 0 Å². The first-order valence-corrected chi connectivity index (χ1v) is 9.58. The summed E-state index contributed by atoms with van der Waals surface area (Å²) in [6, 6.07) is 0.200. The van der Waals surface area contributed by atoms with E-state index >= 15 is 0 Å². The predicted molar refractivity (Wildman–Crippen MR) is 95.5 cm³/mol. The second-order valence-electron chi connectivity index (χ2n) is 6.55. The number of nitrogens with one attached hydrogen (secondary N) is 1. The molecule has 0 aliphatic heterocycles. The van der Waals surface area contributed by atoms with Gasteiger partial charge in [-0.1, -0.05) is 39.5 Å². The second kappa shape index (κ2) is 9.57. The molecule has 1 aromatic heterocycles. The lowest BCUT2D eigenvalue weighted by Gasteiger charge is -2.23. The molecule has 6 heteroatoms. The van der Waals surface area contributed by atoms with E-state index < -0.39 is 12.1 Å². The lowest BCUT2D eigenvalue weighted by molar-refractivity contribution is -0.154. The van der Waals surface area contributed by atoms with Gasteiger partial charge in [0.1, 0.15) is 0 Å². The lowest BCUT2D eigenvalue weighted by Crippen LogP contribution is -2.45. The largest absolute Gasteiger partial charge is 0.449 e. The average molecular weight is 350 g/mol. The molecular formula is C18H26N2O3S. The van der Waals surface area contributed by atoms with Crippen molar-refractivity contribution in [2.24, 2.45) is 5.92 Å². The zero-order chi connectivity index (χ0) is 17.4. The SMILES string of the molecule is CC(C)C(OC(=O)/C=C/c1cscn1)C(=O)NC1CCCCCC1. The number of ether oxygens (including phenoxy) is 1. The topological polar surface area (TPSA) is 68.3 Å². The standard InChI is InChI=1S/C18H26N2O3S/c1-13(2)17(18(22)20-14-7-5-3-4-6-8-14)23-16(21)10-9-15-11-24-12-19-15/h9-14,17H,3-8H2,1-2H3,(H,20,22)/b10-9+. The van der Waals surface area contributed by atoms with E-state index in [1.807, 2.05) is 19.2 Å². The van der Waals surface area contributed by atoms with E-state index in [4.69, 9.17) is 4.74 Å². The first-order valence-electron chi connectivity index (χ1n) is 8.63. The Bertz CT molecular complexity index is 547. The van der Waals surface area contributed by atoms with Gasteiger partial charge in [0, 0.05) is 17.5 Å². The van der Waals surface area contributed by atoms with Crippen molar-refractivity contribution in [3.05, 3.63) is 22.7 Å². The highest BCUT2D eigenvalue weighted by Crippen LogP contribution is 2.18. The number of carbonyl (C=O) groups excluding carboxylic acids is 2. The fourth-order valence-corrected chi connectivity index (χ4v) is 3.34. The summed E-state index contributed by atoms with van der Waals surface area (Å²) in [5.41, 5.74) is 2.41. The third kappa shape index (κ3) is 6.07. The van der Waals surface area contributed by atoms with Crippen molar-refractivity contribution in [1.29, 1.82) is 0 Å². The summed E-state index contributed by atoms with van der Waals surface area (Å²) in [7, 11) is 0. The first kappa shape index (κ1) is 18.6. The smallest absolute Gasteiger partial charge is 0.331 e. The first-order chi connectivity index (χ1) is 11.6. The zero-order valence-corrected chi connectivity index (χ0v) is 15.2. The van der Waals surface area contributed by atoms with E-state index in [1.54, 1.807) is 11.6 Å². The maximum Gasteiger partial charge on any atom is 0.331 e. The minimum atomic E-state index is -0.763. The van der Waals surface area contributed by atoms with E-state index in [2.05, 4.69) is 10.3 Å². The Hall–Kier alpha value is -1.69. The van der Waals surface area contributed by atoms with E-state index in [1.165, 1.54) is 30.3 Å². The Morgan fingerprint density at radius 3 is 2.58 bits per heavy atom. The summed E-state index contributed by atoms with van der Waals surface area (Å²) >= 11 is 1.46. The van der Waals surface area contributed by atoms with Crippen molar-refractivity contribution in [2.75, 3.05) is 0 Å². The molecule has 1 fully saturated rings. The molecule has 1 saturated carbocycles. The molecule has 0 spiro atoms. The number of hydrogen-bond donors (Lipinski definition) is 1. The molecule has 1 atom stereocenters. The van der Waals surface area contributed by atoms with E-state index in [-0.39, 0.29) is 17.9 Å². The minimum absolute atomic E-state index is 0.0765. The van der Waals surface area contributed by atoms with Crippen molar-refractivity contribution in [3.8, 4) is 0 Å². The van der Waals surface area contributed by atoms with Crippen LogP contribution in [0.15, 0.2) is 17.0 Å². The quantitative estimate of drug-likeness (QED) is 0.484. The summed E-state index contributed by atoms with van der Waals surface area (Å²) in [6.07, 6.45) is 8.93. The van der Waals surface area contributed by atoms with Gasteiger partial charge in [0.25, 0.3) is 5.91 Å². The Morgan fingerprint density at radius 2 is 2.00 bits per heavy atom. The zero-order valence-electron chi connectivity index (χ0n) is 14.4. The third-order valence-corrected chi connectivity index (χ3v) is 4.75. The van der Waals surface area contributed by atoms with Crippen LogP contribution in [-0.4, -0.2) is 29.0 Å². The molecule has 5 nitrogen and oxygen atoms in total. The fraction of sp³-hybridized carbons (Fsp3) is 0.611. The van der Waals surface area contributed by atoms with Crippen LogP contribution in [0, 0.1) is 5.92 Å². The van der Waals surface area contributed by atoms with Crippen LogP contribution in [-0.2, 0) is 14.3 Å². The van der Waals surface area contributed by atoms with Crippen LogP contribution in [0.2, 0.25) is 0 Å². The maximum atomic E-state index is 12.5. The number of hydrogen-bond acceptors (Lipinski definition) is 5. The summed E-state index contributed by atoms with van der Waals surface area (Å²) in [4.78, 5) is 28.6. The van der Waals surface area contributed by atoms with Crippen molar-refractivity contribution in [3.63, 3.8) is 0 Å². The predicted octanol–water partition coefficient (Wildman–Crippen LogP) is 3.56. The minimum Gasteiger partial charge on any atom is -0.449 e. The molecule has 1 amide bonds. The Kier molecular flexibility index (Phi) is 7.43. The number of carbonyl (C=O) groups is 2. The Morgan fingerprint density at radius 1 is 1.29 bits per heavy atom. The number of nitrogens with zero attached hydrogens (tertiary/aromatic N) is 1. The van der Waals surface area contributed by atoms with E-state index in [0.29, 0.717) is 5.69 Å². The molecule has 1 aromatic rings. The van der Waals surface area contributed by atoms with Crippen LogP contribution >= 0.6 is 11.3 Å². The average Bonchev–Trinajstić information content (AvgIpc) is 2.94. The lowest BCUT2D eigenvalue weighted by atomic mass is 10.0. The molecule has 1 N–H and O–H groups in total. The summed E-state index contributed by atoms with van der Waals surface area (Å²) < 4.78 is 5.38. The molecule has 132 valence electrons. The molecule has 0 radical (unpaired) electrons. The van der Waals surface area contributed by atoms with Gasteiger partial charge in [0.15, 0.2) is 6.10 Å². The highest BCUT2D eigenvalue weighted by Gasteiger charge is 2.27. The molecule has 0 saturated heterocycles. The van der Waals surface area contributed by atoms with Crippen molar-refractivity contribution < 1.29 is 14.3 Å². The van der Waals surface area contributed by atoms with E-state index in [0.717, 1.165) is 25.7 Å². The van der Waals surface area contributed by atoms with Gasteiger partial charge in [-0.15, -0.1) is 11.3 Å². The van der Waals surface area contributed by atoms with Gasteiger partial charge >= 0.3 is 5.97 Å². The van der Waals surface area contributed by atoms with Crippen LogP contribution in [0.5, 0.6) is 0 Å². The number of amides is 1. The molecule has 24 heavy (non-hydrogen) atoms. The van der Waals surface area contributed by atoms with Crippen LogP contribution in [0.25, 0.3) is 6.08 Å². The van der Waals surface area contributed by atoms with Gasteiger partial charge in [-0.2, -0.15) is 0 Å². The number of aromatic nitrogens is 1. The van der Waals surface area contributed by atoms with Crippen molar-refractivity contribution in [1.82, 2.24) is 10.3 Å². The molecule has 1 heterocycles. The van der Waals surface area contributed by atoms with Crippen LogP contribution in [0.1, 0.15) is 58.1 Å². The van der Waals surface area contributed by atoms with Gasteiger partial charge in [0.05, 0.1) is 11.2 Å². The Labute approximate surface area is 147 Å². The number of thiazole rings is 1. The summed E-state index contributed by atoms with van der Waals surface area (Å²) in [6.45, 7) is 3.77. The van der Waals surface area contributed by atoms with Gasteiger partial charge in [0.2, 0.25) is 0 Å². The highest BCUT2D eigenvalue weighted by atomic mass is 32.1. The van der Waals surface area contributed by atoms with Crippen molar-refractivity contribution in [2.45, 2.75) is 64.5 Å². The molecular weight excluding hydrogens is 324 g/mol. The summed E-state index contributed by atoms with van der Waals surface area (Å²) in [5.74, 6) is -0.780. The Balaban J connectivity index is 1.89. The van der Waals surface area contributed by atoms with Gasteiger partial charge in [-0.3, -0.25) is 4.79 Å². The molecule has 0 bridgehead atoms. The normalized spacial score (nSPS) is 17.6. The van der Waals surface area contributed by atoms with Gasteiger partial charge in [-0.05, 0) is 24.8 Å². The maximum absolute atomic E-state index is 12.5. The van der Waals surface area contributed by atoms with Crippen LogP contribution in [0.4, 0.5) is 0 Å². The molecule has 1 aliphatic carbocycles. The molecule has 1 unspecified atom stereocenters.